The molecule has 0 N–H and O–H groups in total. The molecular weight excluding hydrogens is 504 g/mol. The molecule has 0 amide bonds. The van der Waals surface area contributed by atoms with Crippen molar-refractivity contribution in [3.8, 4) is 0 Å². The van der Waals surface area contributed by atoms with Crippen LogP contribution in [0.25, 0.3) is 0 Å². The van der Waals surface area contributed by atoms with Crippen LogP contribution in [0.3, 0.4) is 0 Å². The van der Waals surface area contributed by atoms with E-state index in [2.05, 4.69) is 13.8 Å². The quantitative estimate of drug-likeness (QED) is 0.0678. The van der Waals surface area contributed by atoms with Crippen molar-refractivity contribution in [2.24, 2.45) is 0 Å². The monoisotopic (exact) mass is 583 g/mol. The van der Waals surface area contributed by atoms with Crippen LogP contribution < -0.4 is 0 Å². The largest absolute Gasteiger partial charge is 0.379 e. The molecule has 0 spiro atoms. The third-order valence-electron chi connectivity index (χ3n) is 8.53. The molecular formula is C38H78O3. The molecule has 0 atom stereocenters. The van der Waals surface area contributed by atoms with Gasteiger partial charge >= 0.3 is 0 Å². The van der Waals surface area contributed by atoms with Gasteiger partial charge in [-0.3, -0.25) is 0 Å². The summed E-state index contributed by atoms with van der Waals surface area (Å²) in [5, 5.41) is 0. The highest BCUT2D eigenvalue weighted by molar-refractivity contribution is 4.51. The van der Waals surface area contributed by atoms with E-state index < -0.39 is 0 Å². The molecule has 0 rings (SSSR count). The third kappa shape index (κ3) is 39.9. The highest BCUT2D eigenvalue weighted by Crippen LogP contribution is 2.14. The summed E-state index contributed by atoms with van der Waals surface area (Å²) in [6.45, 7) is 9.20. The first-order valence-electron chi connectivity index (χ1n) is 19.1. The van der Waals surface area contributed by atoms with Gasteiger partial charge in [0.2, 0.25) is 0 Å². The highest BCUT2D eigenvalue weighted by Gasteiger charge is 1.97. The van der Waals surface area contributed by atoms with E-state index in [1.165, 1.54) is 193 Å². The van der Waals surface area contributed by atoms with Crippen molar-refractivity contribution in [1.29, 1.82) is 0 Å². The predicted octanol–water partition coefficient (Wildman–Crippen LogP) is 12.8. The Morgan fingerprint density at radius 3 is 0.585 bits per heavy atom. The van der Waals surface area contributed by atoms with Crippen LogP contribution in [-0.4, -0.2) is 39.6 Å². The Labute approximate surface area is 260 Å². The van der Waals surface area contributed by atoms with Crippen LogP contribution in [-0.2, 0) is 14.2 Å². The van der Waals surface area contributed by atoms with Gasteiger partial charge in [-0.25, -0.2) is 0 Å². The topological polar surface area (TPSA) is 27.7 Å². The van der Waals surface area contributed by atoms with Crippen molar-refractivity contribution in [2.75, 3.05) is 39.6 Å². The molecule has 0 unspecified atom stereocenters. The molecule has 0 radical (unpaired) electrons. The average Bonchev–Trinajstić information content (AvgIpc) is 2.98. The molecule has 0 bridgehead atoms. The Morgan fingerprint density at radius 1 is 0.195 bits per heavy atom. The van der Waals surface area contributed by atoms with Crippen molar-refractivity contribution >= 4 is 0 Å². The average molecular weight is 583 g/mol. The third-order valence-corrected chi connectivity index (χ3v) is 8.53. The summed E-state index contributed by atoms with van der Waals surface area (Å²) in [5.41, 5.74) is 0. The van der Waals surface area contributed by atoms with Crippen LogP contribution in [0.5, 0.6) is 0 Å². The SMILES string of the molecule is CCCCCCCCCCCCCCCCCOCCOCCOCCCCCCCCCCCCCCCCC. The highest BCUT2D eigenvalue weighted by atomic mass is 16.5. The molecule has 3 heteroatoms. The normalized spacial score (nSPS) is 11.6. The molecule has 41 heavy (non-hydrogen) atoms. The Bertz CT molecular complexity index is 390. The van der Waals surface area contributed by atoms with Crippen LogP contribution >= 0.6 is 0 Å². The predicted molar refractivity (Wildman–Crippen MR) is 182 cm³/mol. The lowest BCUT2D eigenvalue weighted by atomic mass is 10.0. The Hall–Kier alpha value is -0.120. The van der Waals surface area contributed by atoms with Crippen molar-refractivity contribution in [2.45, 2.75) is 206 Å². The summed E-state index contributed by atoms with van der Waals surface area (Å²) in [7, 11) is 0. The molecule has 0 saturated heterocycles. The maximum atomic E-state index is 5.72. The fourth-order valence-corrected chi connectivity index (χ4v) is 5.69. The molecule has 0 aromatic rings. The van der Waals surface area contributed by atoms with Crippen LogP contribution in [0.15, 0.2) is 0 Å². The molecule has 0 aliphatic carbocycles. The Kier molecular flexibility index (Phi) is 39.8. The lowest BCUT2D eigenvalue weighted by Gasteiger charge is -2.07. The summed E-state index contributed by atoms with van der Waals surface area (Å²) in [6.07, 6.45) is 42.2. The molecule has 0 heterocycles. The fraction of sp³-hybridized carbons (Fsp3) is 1.00. The molecule has 0 aromatic carbocycles. The number of hydrogen-bond donors (Lipinski definition) is 0. The van der Waals surface area contributed by atoms with Crippen LogP contribution in [0.4, 0.5) is 0 Å². The van der Waals surface area contributed by atoms with Gasteiger partial charge in [0.15, 0.2) is 0 Å². The lowest BCUT2D eigenvalue weighted by Crippen LogP contribution is -2.10. The van der Waals surface area contributed by atoms with Gasteiger partial charge in [-0.05, 0) is 12.8 Å². The Balaban J connectivity index is 3.02. The zero-order chi connectivity index (χ0) is 29.6. The first-order chi connectivity index (χ1) is 20.4. The van der Waals surface area contributed by atoms with E-state index in [1.54, 1.807) is 0 Å². The second-order valence-corrected chi connectivity index (χ2v) is 12.7. The van der Waals surface area contributed by atoms with Crippen LogP contribution in [0.1, 0.15) is 206 Å². The van der Waals surface area contributed by atoms with Crippen LogP contribution in [0, 0.1) is 0 Å². The second-order valence-electron chi connectivity index (χ2n) is 12.7. The minimum absolute atomic E-state index is 0.695. The first-order valence-corrected chi connectivity index (χ1v) is 19.1. The zero-order valence-electron chi connectivity index (χ0n) is 28.7. The van der Waals surface area contributed by atoms with E-state index in [4.69, 9.17) is 14.2 Å². The first kappa shape index (κ1) is 40.9. The second kappa shape index (κ2) is 39.9. The van der Waals surface area contributed by atoms with E-state index >= 15 is 0 Å². The van der Waals surface area contributed by atoms with Gasteiger partial charge in [-0.2, -0.15) is 0 Å². The van der Waals surface area contributed by atoms with E-state index in [0.29, 0.717) is 13.2 Å². The van der Waals surface area contributed by atoms with E-state index in [0.717, 1.165) is 26.4 Å². The van der Waals surface area contributed by atoms with Gasteiger partial charge in [0, 0.05) is 13.2 Å². The van der Waals surface area contributed by atoms with Crippen molar-refractivity contribution in [1.82, 2.24) is 0 Å². The van der Waals surface area contributed by atoms with E-state index in [9.17, 15) is 0 Å². The van der Waals surface area contributed by atoms with E-state index in [1.807, 2.05) is 0 Å². The lowest BCUT2D eigenvalue weighted by molar-refractivity contribution is 0.0132. The summed E-state index contributed by atoms with van der Waals surface area (Å²) >= 11 is 0. The minimum Gasteiger partial charge on any atom is -0.379 e. The summed E-state index contributed by atoms with van der Waals surface area (Å²) in [6, 6.07) is 0. The number of ether oxygens (including phenoxy) is 3. The Morgan fingerprint density at radius 2 is 0.366 bits per heavy atom. The maximum Gasteiger partial charge on any atom is 0.0701 e. The molecule has 248 valence electrons. The number of hydrogen-bond acceptors (Lipinski definition) is 3. The molecule has 3 nitrogen and oxygen atoms in total. The van der Waals surface area contributed by atoms with Gasteiger partial charge in [0.1, 0.15) is 0 Å². The summed E-state index contributed by atoms with van der Waals surface area (Å²) < 4.78 is 17.1. The standard InChI is InChI=1S/C38H78O3/c1-3-5-7-9-11-13-15-17-19-21-23-25-27-29-31-33-39-35-37-41-38-36-40-34-32-30-28-26-24-22-20-18-16-14-12-10-8-6-4-2/h3-38H2,1-2H3. The number of rotatable bonds is 38. The van der Waals surface area contributed by atoms with Gasteiger partial charge in [-0.1, -0.05) is 194 Å². The summed E-state index contributed by atoms with van der Waals surface area (Å²) in [4.78, 5) is 0. The molecule has 0 saturated carbocycles. The van der Waals surface area contributed by atoms with Gasteiger partial charge in [0.05, 0.1) is 26.4 Å². The van der Waals surface area contributed by atoms with Gasteiger partial charge in [-0.15, -0.1) is 0 Å². The fourth-order valence-electron chi connectivity index (χ4n) is 5.69. The van der Waals surface area contributed by atoms with Gasteiger partial charge < -0.3 is 14.2 Å². The molecule has 0 aliphatic heterocycles. The van der Waals surface area contributed by atoms with Gasteiger partial charge in [0.25, 0.3) is 0 Å². The van der Waals surface area contributed by atoms with Crippen molar-refractivity contribution < 1.29 is 14.2 Å². The maximum absolute atomic E-state index is 5.72. The summed E-state index contributed by atoms with van der Waals surface area (Å²) in [5.74, 6) is 0. The molecule has 0 aliphatic rings. The smallest absolute Gasteiger partial charge is 0.0701 e. The van der Waals surface area contributed by atoms with E-state index in [-0.39, 0.29) is 0 Å². The van der Waals surface area contributed by atoms with Crippen LogP contribution in [0.2, 0.25) is 0 Å². The van der Waals surface area contributed by atoms with Crippen molar-refractivity contribution in [3.05, 3.63) is 0 Å². The molecule has 0 fully saturated rings. The number of unbranched alkanes of at least 4 members (excludes halogenated alkanes) is 28. The van der Waals surface area contributed by atoms with Crippen molar-refractivity contribution in [3.63, 3.8) is 0 Å². The molecule has 0 aromatic heterocycles. The minimum atomic E-state index is 0.695. The zero-order valence-corrected chi connectivity index (χ0v) is 28.7.